The molecule has 2 aromatic carbocycles. The molecule has 0 amide bonds. The molecule has 0 saturated heterocycles. The summed E-state index contributed by atoms with van der Waals surface area (Å²) >= 11 is 17.8. The zero-order valence-electron chi connectivity index (χ0n) is 11.0. The monoisotopic (exact) mass is 346 g/mol. The van der Waals surface area contributed by atoms with E-state index in [1.54, 1.807) is 24.3 Å². The van der Waals surface area contributed by atoms with Crippen molar-refractivity contribution in [3.63, 3.8) is 0 Å². The van der Waals surface area contributed by atoms with Crippen molar-refractivity contribution < 1.29 is 4.39 Å². The normalized spacial score (nSPS) is 12.4. The number of hydrogen-bond acceptors (Lipinski definition) is 2. The third-order valence-electron chi connectivity index (χ3n) is 3.20. The Morgan fingerprint density at radius 2 is 1.81 bits per heavy atom. The standard InChI is InChI=1S/C15H14Cl3FN2/c16-12-5-4-9(7-13(12)17)6-11(21-20)8-10-2-1-3-14(19)15(10)18/h1-5,7,11,21H,6,8,20H2. The summed E-state index contributed by atoms with van der Waals surface area (Å²) in [6.45, 7) is 0. The first-order chi connectivity index (χ1) is 10.0. The van der Waals surface area contributed by atoms with Crippen LogP contribution in [0.3, 0.4) is 0 Å². The largest absolute Gasteiger partial charge is 0.271 e. The number of hydrazine groups is 1. The summed E-state index contributed by atoms with van der Waals surface area (Å²) in [7, 11) is 0. The van der Waals surface area contributed by atoms with Gasteiger partial charge in [0.1, 0.15) is 5.82 Å². The van der Waals surface area contributed by atoms with E-state index in [1.807, 2.05) is 6.07 Å². The van der Waals surface area contributed by atoms with E-state index >= 15 is 0 Å². The maximum Gasteiger partial charge on any atom is 0.142 e. The highest BCUT2D eigenvalue weighted by molar-refractivity contribution is 6.42. The van der Waals surface area contributed by atoms with Crippen molar-refractivity contribution >= 4 is 34.8 Å². The van der Waals surface area contributed by atoms with Crippen molar-refractivity contribution in [1.29, 1.82) is 0 Å². The molecule has 1 atom stereocenters. The smallest absolute Gasteiger partial charge is 0.142 e. The lowest BCUT2D eigenvalue weighted by Gasteiger charge is -2.17. The van der Waals surface area contributed by atoms with Crippen LogP contribution in [0.2, 0.25) is 15.1 Å². The number of nitrogens with two attached hydrogens (primary N) is 1. The number of rotatable bonds is 5. The van der Waals surface area contributed by atoms with E-state index in [0.29, 0.717) is 28.5 Å². The molecule has 112 valence electrons. The molecule has 0 heterocycles. The molecule has 0 saturated carbocycles. The van der Waals surface area contributed by atoms with Gasteiger partial charge in [-0.2, -0.15) is 0 Å². The molecule has 0 radical (unpaired) electrons. The van der Waals surface area contributed by atoms with Crippen LogP contribution in [0.4, 0.5) is 4.39 Å². The van der Waals surface area contributed by atoms with Crippen molar-refractivity contribution in [2.45, 2.75) is 18.9 Å². The molecule has 1 unspecified atom stereocenters. The molecule has 0 fully saturated rings. The molecule has 0 aliphatic heterocycles. The summed E-state index contributed by atoms with van der Waals surface area (Å²) in [5.74, 6) is 5.15. The van der Waals surface area contributed by atoms with Crippen LogP contribution in [-0.4, -0.2) is 6.04 Å². The first-order valence-electron chi connectivity index (χ1n) is 6.34. The van der Waals surface area contributed by atoms with Crippen LogP contribution in [0.5, 0.6) is 0 Å². The molecule has 2 rings (SSSR count). The minimum atomic E-state index is -0.431. The van der Waals surface area contributed by atoms with Gasteiger partial charge in [0.05, 0.1) is 15.1 Å². The Bertz CT molecular complexity index is 634. The molecule has 6 heteroatoms. The quantitative estimate of drug-likeness (QED) is 0.621. The highest BCUT2D eigenvalue weighted by atomic mass is 35.5. The van der Waals surface area contributed by atoms with E-state index in [2.05, 4.69) is 5.43 Å². The van der Waals surface area contributed by atoms with E-state index in [0.717, 1.165) is 5.56 Å². The van der Waals surface area contributed by atoms with Crippen LogP contribution >= 0.6 is 34.8 Å². The van der Waals surface area contributed by atoms with E-state index in [4.69, 9.17) is 40.6 Å². The molecule has 2 nitrogen and oxygen atoms in total. The van der Waals surface area contributed by atoms with Gasteiger partial charge in [0.15, 0.2) is 0 Å². The van der Waals surface area contributed by atoms with Gasteiger partial charge in [-0.15, -0.1) is 0 Å². The topological polar surface area (TPSA) is 38.0 Å². The van der Waals surface area contributed by atoms with Crippen molar-refractivity contribution in [2.24, 2.45) is 5.84 Å². The van der Waals surface area contributed by atoms with Crippen LogP contribution in [0.15, 0.2) is 36.4 Å². The molecular weight excluding hydrogens is 334 g/mol. The zero-order chi connectivity index (χ0) is 15.4. The molecule has 3 N–H and O–H groups in total. The fourth-order valence-corrected chi connectivity index (χ4v) is 2.64. The van der Waals surface area contributed by atoms with Crippen molar-refractivity contribution in [3.05, 3.63) is 68.4 Å². The molecule has 0 spiro atoms. The van der Waals surface area contributed by atoms with E-state index in [1.165, 1.54) is 6.07 Å². The Balaban J connectivity index is 2.13. The molecule has 0 aromatic heterocycles. The number of halogens is 4. The second kappa shape index (κ2) is 7.43. The van der Waals surface area contributed by atoms with Gasteiger partial charge < -0.3 is 0 Å². The Morgan fingerprint density at radius 3 is 2.48 bits per heavy atom. The van der Waals surface area contributed by atoms with Gasteiger partial charge in [0, 0.05) is 6.04 Å². The van der Waals surface area contributed by atoms with Gasteiger partial charge in [-0.05, 0) is 42.2 Å². The van der Waals surface area contributed by atoms with Crippen molar-refractivity contribution in [1.82, 2.24) is 5.43 Å². The Labute approximate surface area is 138 Å². The average Bonchev–Trinajstić information content (AvgIpc) is 2.47. The third kappa shape index (κ3) is 4.31. The second-order valence-electron chi connectivity index (χ2n) is 4.73. The zero-order valence-corrected chi connectivity index (χ0v) is 13.3. The summed E-state index contributed by atoms with van der Waals surface area (Å²) in [4.78, 5) is 0. The van der Waals surface area contributed by atoms with Gasteiger partial charge in [-0.3, -0.25) is 11.3 Å². The van der Waals surface area contributed by atoms with E-state index < -0.39 is 5.82 Å². The molecule has 0 aliphatic carbocycles. The van der Waals surface area contributed by atoms with Crippen LogP contribution < -0.4 is 11.3 Å². The van der Waals surface area contributed by atoms with Crippen LogP contribution in [0, 0.1) is 5.82 Å². The minimum absolute atomic E-state index is 0.0958. The lowest BCUT2D eigenvalue weighted by Crippen LogP contribution is -2.38. The second-order valence-corrected chi connectivity index (χ2v) is 5.93. The van der Waals surface area contributed by atoms with E-state index in [9.17, 15) is 4.39 Å². The lowest BCUT2D eigenvalue weighted by atomic mass is 9.99. The summed E-state index contributed by atoms with van der Waals surface area (Å²) in [6, 6.07) is 10.1. The number of nitrogens with one attached hydrogen (secondary N) is 1. The molecule has 0 aliphatic rings. The number of hydrogen-bond donors (Lipinski definition) is 2. The van der Waals surface area contributed by atoms with Crippen molar-refractivity contribution in [2.75, 3.05) is 0 Å². The minimum Gasteiger partial charge on any atom is -0.271 e. The maximum absolute atomic E-state index is 13.4. The van der Waals surface area contributed by atoms with Crippen molar-refractivity contribution in [3.8, 4) is 0 Å². The Morgan fingerprint density at radius 1 is 1.05 bits per heavy atom. The maximum atomic E-state index is 13.4. The fourth-order valence-electron chi connectivity index (χ4n) is 2.11. The highest BCUT2D eigenvalue weighted by Crippen LogP contribution is 2.25. The van der Waals surface area contributed by atoms with Gasteiger partial charge in [0.2, 0.25) is 0 Å². The third-order valence-corrected chi connectivity index (χ3v) is 4.36. The first-order valence-corrected chi connectivity index (χ1v) is 7.47. The van der Waals surface area contributed by atoms with Crippen LogP contribution in [-0.2, 0) is 12.8 Å². The summed E-state index contributed by atoms with van der Waals surface area (Å²) < 4.78 is 13.4. The number of benzene rings is 2. The molecule has 0 bridgehead atoms. The van der Waals surface area contributed by atoms with Crippen LogP contribution in [0.25, 0.3) is 0 Å². The molecule has 21 heavy (non-hydrogen) atoms. The Kier molecular flexibility index (Phi) is 5.85. The predicted octanol–water partition coefficient (Wildman–Crippen LogP) is 4.40. The Hall–Kier alpha value is -0.840. The van der Waals surface area contributed by atoms with Gasteiger partial charge in [0.25, 0.3) is 0 Å². The fraction of sp³-hybridized carbons (Fsp3) is 0.200. The first kappa shape index (κ1) is 16.5. The molecule has 2 aromatic rings. The van der Waals surface area contributed by atoms with Crippen LogP contribution in [0.1, 0.15) is 11.1 Å². The SMILES string of the molecule is NNC(Cc1ccc(Cl)c(Cl)c1)Cc1cccc(F)c1Cl. The lowest BCUT2D eigenvalue weighted by molar-refractivity contribution is 0.520. The average molecular weight is 348 g/mol. The van der Waals surface area contributed by atoms with Gasteiger partial charge in [-0.1, -0.05) is 53.0 Å². The van der Waals surface area contributed by atoms with Gasteiger partial charge in [-0.25, -0.2) is 4.39 Å². The van der Waals surface area contributed by atoms with E-state index in [-0.39, 0.29) is 11.1 Å². The summed E-state index contributed by atoms with van der Waals surface area (Å²) in [5.41, 5.74) is 4.42. The highest BCUT2D eigenvalue weighted by Gasteiger charge is 2.13. The summed E-state index contributed by atoms with van der Waals surface area (Å²) in [6.07, 6.45) is 1.13. The molecular formula is C15H14Cl3FN2. The van der Waals surface area contributed by atoms with Gasteiger partial charge >= 0.3 is 0 Å². The summed E-state index contributed by atoms with van der Waals surface area (Å²) in [5, 5.41) is 1.13. The predicted molar refractivity (Wildman–Crippen MR) is 86.4 cm³/mol.